The summed E-state index contributed by atoms with van der Waals surface area (Å²) in [5.41, 5.74) is 5.36. The van der Waals surface area contributed by atoms with Gasteiger partial charge < -0.3 is 24.9 Å². The van der Waals surface area contributed by atoms with Crippen LogP contribution in [0.2, 0.25) is 0 Å². The van der Waals surface area contributed by atoms with Gasteiger partial charge in [0.25, 0.3) is 0 Å². The fourth-order valence-corrected chi connectivity index (χ4v) is 3.56. The number of anilines is 1. The van der Waals surface area contributed by atoms with Gasteiger partial charge in [-0.25, -0.2) is 4.98 Å². The summed E-state index contributed by atoms with van der Waals surface area (Å²) in [6.07, 6.45) is 5.01. The maximum atomic E-state index is 11.5. The Morgan fingerprint density at radius 1 is 1.22 bits per heavy atom. The van der Waals surface area contributed by atoms with E-state index < -0.39 is 0 Å². The molecule has 1 amide bonds. The van der Waals surface area contributed by atoms with Crippen molar-refractivity contribution in [1.82, 2.24) is 19.9 Å². The Hall–Kier alpha value is -3.82. The molecule has 32 heavy (non-hydrogen) atoms. The molecule has 4 aromatic heterocycles. The predicted molar refractivity (Wildman–Crippen MR) is 118 cm³/mol. The number of nitrogens with one attached hydrogen (secondary N) is 2. The van der Waals surface area contributed by atoms with E-state index in [4.69, 9.17) is 9.47 Å². The van der Waals surface area contributed by atoms with Crippen molar-refractivity contribution in [1.29, 1.82) is 0 Å². The van der Waals surface area contributed by atoms with Gasteiger partial charge in [0, 0.05) is 30.9 Å². The molecule has 5 heterocycles. The van der Waals surface area contributed by atoms with Crippen LogP contribution < -0.4 is 10.1 Å². The van der Waals surface area contributed by atoms with Crippen LogP contribution in [0, 0.1) is 0 Å². The van der Waals surface area contributed by atoms with E-state index in [0.717, 1.165) is 33.4 Å². The van der Waals surface area contributed by atoms with Crippen molar-refractivity contribution in [2.24, 2.45) is 0 Å². The molecular weight excluding hydrogens is 410 g/mol. The van der Waals surface area contributed by atoms with Crippen LogP contribution in [0.4, 0.5) is 5.82 Å². The van der Waals surface area contributed by atoms with E-state index in [1.807, 2.05) is 24.3 Å². The molecule has 0 aliphatic carbocycles. The third-order valence-electron chi connectivity index (χ3n) is 5.14. The van der Waals surface area contributed by atoms with Gasteiger partial charge in [0.1, 0.15) is 17.7 Å². The molecule has 1 fully saturated rings. The van der Waals surface area contributed by atoms with Crippen molar-refractivity contribution >= 4 is 22.8 Å². The van der Waals surface area contributed by atoms with Crippen molar-refractivity contribution < 1.29 is 19.4 Å². The van der Waals surface area contributed by atoms with Crippen molar-refractivity contribution in [2.75, 3.05) is 18.5 Å². The van der Waals surface area contributed by atoms with Crippen molar-refractivity contribution in [3.63, 3.8) is 0 Å². The number of pyridine rings is 3. The normalized spacial score (nSPS) is 13.7. The van der Waals surface area contributed by atoms with Crippen LogP contribution in [0.15, 0.2) is 48.9 Å². The largest absolute Gasteiger partial charge is 0.484 e. The average molecular weight is 431 g/mol. The molecule has 0 saturated carbocycles. The summed E-state index contributed by atoms with van der Waals surface area (Å²) in [6, 6.07) is 9.23. The lowest BCUT2D eigenvalue weighted by Gasteiger charge is -2.26. The second-order valence-corrected chi connectivity index (χ2v) is 7.54. The van der Waals surface area contributed by atoms with Crippen molar-refractivity contribution in [2.45, 2.75) is 19.6 Å². The molecule has 4 aromatic rings. The second kappa shape index (κ2) is 8.37. The van der Waals surface area contributed by atoms with Gasteiger partial charge in [0.05, 0.1) is 54.0 Å². The fraction of sp³-hybridized carbons (Fsp3) is 0.217. The van der Waals surface area contributed by atoms with E-state index in [1.165, 1.54) is 6.92 Å². The SMILES string of the molecule is CC(=O)Nc1cc(-c2[nH]c3cc(OC4COC4)cnc3c2-c2ccc(CO)cn2)ccn1. The molecule has 0 bridgehead atoms. The molecule has 1 aliphatic heterocycles. The number of carbonyl (C=O) groups excluding carboxylic acids is 1. The standard InChI is InChI=1S/C23H21N5O4/c1-13(30)27-20-6-15(4-5-24-20)22-21(18-3-2-14(10-29)8-25-18)23-19(28-22)7-16(9-26-23)32-17-11-31-12-17/h2-9,17,28-29H,10-12H2,1H3,(H,24,27,30). The number of hydrogen-bond donors (Lipinski definition) is 3. The molecule has 0 unspecified atom stereocenters. The zero-order valence-corrected chi connectivity index (χ0v) is 17.3. The van der Waals surface area contributed by atoms with E-state index >= 15 is 0 Å². The van der Waals surface area contributed by atoms with Gasteiger partial charge in [0.15, 0.2) is 0 Å². The number of aromatic amines is 1. The van der Waals surface area contributed by atoms with Gasteiger partial charge >= 0.3 is 0 Å². The lowest BCUT2D eigenvalue weighted by molar-refractivity contribution is -0.114. The highest BCUT2D eigenvalue weighted by Crippen LogP contribution is 2.38. The summed E-state index contributed by atoms with van der Waals surface area (Å²) in [7, 11) is 0. The van der Waals surface area contributed by atoms with Crippen LogP contribution in [0.5, 0.6) is 5.75 Å². The molecule has 1 aliphatic rings. The van der Waals surface area contributed by atoms with E-state index in [-0.39, 0.29) is 18.6 Å². The number of rotatable bonds is 6. The lowest BCUT2D eigenvalue weighted by atomic mass is 10.0. The summed E-state index contributed by atoms with van der Waals surface area (Å²) in [5.74, 6) is 0.906. The Balaban J connectivity index is 1.64. The monoisotopic (exact) mass is 431 g/mol. The van der Waals surface area contributed by atoms with Gasteiger partial charge in [-0.1, -0.05) is 6.07 Å². The Morgan fingerprint density at radius 3 is 2.78 bits per heavy atom. The summed E-state index contributed by atoms with van der Waals surface area (Å²) in [5, 5.41) is 12.1. The number of carbonyl (C=O) groups is 1. The summed E-state index contributed by atoms with van der Waals surface area (Å²) in [4.78, 5) is 28.3. The number of aliphatic hydroxyl groups is 1. The third kappa shape index (κ3) is 3.91. The lowest BCUT2D eigenvalue weighted by Crippen LogP contribution is -2.38. The van der Waals surface area contributed by atoms with Gasteiger partial charge in [-0.05, 0) is 23.8 Å². The predicted octanol–water partition coefficient (Wildman–Crippen LogP) is 2.92. The van der Waals surface area contributed by atoms with E-state index in [9.17, 15) is 9.90 Å². The fourth-order valence-electron chi connectivity index (χ4n) is 3.56. The molecule has 0 atom stereocenters. The molecule has 0 aromatic carbocycles. The zero-order chi connectivity index (χ0) is 22.1. The number of fused-ring (bicyclic) bond motifs is 1. The Labute approximate surface area is 183 Å². The van der Waals surface area contributed by atoms with Gasteiger partial charge in [-0.15, -0.1) is 0 Å². The summed E-state index contributed by atoms with van der Waals surface area (Å²) >= 11 is 0. The highest BCUT2D eigenvalue weighted by molar-refractivity contribution is 6.01. The van der Waals surface area contributed by atoms with Crippen LogP contribution in [-0.2, 0) is 16.1 Å². The molecule has 3 N–H and O–H groups in total. The van der Waals surface area contributed by atoms with E-state index in [0.29, 0.717) is 30.5 Å². The Morgan fingerprint density at radius 2 is 2.09 bits per heavy atom. The van der Waals surface area contributed by atoms with Crippen molar-refractivity contribution in [3.05, 3.63) is 54.5 Å². The van der Waals surface area contributed by atoms with Crippen LogP contribution in [0.1, 0.15) is 12.5 Å². The van der Waals surface area contributed by atoms with E-state index in [1.54, 1.807) is 24.7 Å². The Kier molecular flexibility index (Phi) is 5.26. The van der Waals surface area contributed by atoms with Crippen LogP contribution >= 0.6 is 0 Å². The number of ether oxygens (including phenoxy) is 2. The minimum absolute atomic E-state index is 0.0382. The van der Waals surface area contributed by atoms with Gasteiger partial charge in [0.2, 0.25) is 5.91 Å². The van der Waals surface area contributed by atoms with Gasteiger partial charge in [-0.3, -0.25) is 14.8 Å². The number of amides is 1. The van der Waals surface area contributed by atoms with Crippen LogP contribution in [0.25, 0.3) is 33.5 Å². The highest BCUT2D eigenvalue weighted by Gasteiger charge is 2.22. The number of aromatic nitrogens is 4. The quantitative estimate of drug-likeness (QED) is 0.429. The molecule has 162 valence electrons. The number of nitrogens with zero attached hydrogens (tertiary/aromatic N) is 3. The maximum Gasteiger partial charge on any atom is 0.222 e. The van der Waals surface area contributed by atoms with E-state index in [2.05, 4.69) is 25.3 Å². The zero-order valence-electron chi connectivity index (χ0n) is 17.3. The second-order valence-electron chi connectivity index (χ2n) is 7.54. The summed E-state index contributed by atoms with van der Waals surface area (Å²) < 4.78 is 11.1. The smallest absolute Gasteiger partial charge is 0.222 e. The topological polar surface area (TPSA) is 122 Å². The van der Waals surface area contributed by atoms with Gasteiger partial charge in [-0.2, -0.15) is 0 Å². The molecule has 5 rings (SSSR count). The number of hydrogen-bond acceptors (Lipinski definition) is 7. The minimum Gasteiger partial charge on any atom is -0.484 e. The molecule has 0 radical (unpaired) electrons. The van der Waals surface area contributed by atoms with Crippen LogP contribution in [0.3, 0.4) is 0 Å². The molecule has 0 spiro atoms. The minimum atomic E-state index is -0.198. The average Bonchev–Trinajstić information content (AvgIpc) is 3.15. The molecule has 9 nitrogen and oxygen atoms in total. The maximum absolute atomic E-state index is 11.5. The summed E-state index contributed by atoms with van der Waals surface area (Å²) in [6.45, 7) is 2.50. The first kappa shape index (κ1) is 20.1. The Bertz CT molecular complexity index is 1280. The third-order valence-corrected chi connectivity index (χ3v) is 5.14. The molecular formula is C23H21N5O4. The van der Waals surface area contributed by atoms with Crippen LogP contribution in [-0.4, -0.2) is 50.3 Å². The first-order valence-corrected chi connectivity index (χ1v) is 10.2. The van der Waals surface area contributed by atoms with Crippen molar-refractivity contribution in [3.8, 4) is 28.3 Å². The first-order chi connectivity index (χ1) is 15.6. The highest BCUT2D eigenvalue weighted by atomic mass is 16.6. The first-order valence-electron chi connectivity index (χ1n) is 10.2. The number of aliphatic hydroxyl groups excluding tert-OH is 1. The molecule has 1 saturated heterocycles. The number of H-pyrrole nitrogens is 1. The molecule has 9 heteroatoms.